The van der Waals surface area contributed by atoms with Crippen LogP contribution in [-0.2, 0) is 5.41 Å². The van der Waals surface area contributed by atoms with Gasteiger partial charge in [-0.3, -0.25) is 0 Å². The first-order chi connectivity index (χ1) is 9.21. The highest BCUT2D eigenvalue weighted by molar-refractivity contribution is 6.33. The zero-order chi connectivity index (χ0) is 15.1. The Labute approximate surface area is 125 Å². The maximum absolute atomic E-state index is 6.11. The Morgan fingerprint density at radius 1 is 1.20 bits per heavy atom. The summed E-state index contributed by atoms with van der Waals surface area (Å²) in [6, 6.07) is 8.67. The van der Waals surface area contributed by atoms with Gasteiger partial charge in [0.1, 0.15) is 10.8 Å². The molecule has 20 heavy (non-hydrogen) atoms. The molecule has 0 saturated heterocycles. The summed E-state index contributed by atoms with van der Waals surface area (Å²) in [6.45, 7) is 10.6. The van der Waals surface area contributed by atoms with E-state index in [0.29, 0.717) is 10.8 Å². The minimum atomic E-state index is 0.0650. The lowest BCUT2D eigenvalue weighted by Gasteiger charge is -2.20. The van der Waals surface area contributed by atoms with Gasteiger partial charge in [0.15, 0.2) is 0 Å². The molecule has 3 nitrogen and oxygen atoms in total. The maximum atomic E-state index is 6.11. The van der Waals surface area contributed by atoms with Gasteiger partial charge in [0.25, 0.3) is 0 Å². The highest BCUT2D eigenvalue weighted by Crippen LogP contribution is 2.29. The molecule has 1 unspecified atom stereocenters. The number of hydrogen-bond acceptors (Lipinski definition) is 2. The number of nitrogens with zero attached hydrogens (tertiary/aromatic N) is 2. The molecule has 0 fully saturated rings. The Morgan fingerprint density at radius 2 is 1.75 bits per heavy atom. The van der Waals surface area contributed by atoms with Crippen LogP contribution < -0.4 is 5.73 Å². The molecule has 2 aromatic rings. The van der Waals surface area contributed by atoms with Gasteiger partial charge in [-0.1, -0.05) is 56.6 Å². The molecule has 4 heteroatoms. The van der Waals surface area contributed by atoms with Crippen LogP contribution in [0.4, 0.5) is 5.82 Å². The summed E-state index contributed by atoms with van der Waals surface area (Å²) in [5.74, 6) is 0.525. The van der Waals surface area contributed by atoms with Crippen LogP contribution in [0.3, 0.4) is 0 Å². The lowest BCUT2D eigenvalue weighted by atomic mass is 9.86. The number of hydrogen-bond donors (Lipinski definition) is 1. The average molecular weight is 292 g/mol. The van der Waals surface area contributed by atoms with Crippen LogP contribution >= 0.6 is 11.6 Å². The van der Waals surface area contributed by atoms with Gasteiger partial charge >= 0.3 is 0 Å². The molecular weight excluding hydrogens is 270 g/mol. The third-order valence-corrected chi connectivity index (χ3v) is 4.14. The Bertz CT molecular complexity index is 606. The molecule has 2 N–H and O–H groups in total. The number of rotatable bonds is 2. The van der Waals surface area contributed by atoms with E-state index in [-0.39, 0.29) is 11.5 Å². The third-order valence-electron chi connectivity index (χ3n) is 3.67. The van der Waals surface area contributed by atoms with Crippen LogP contribution in [-0.4, -0.2) is 9.78 Å². The first-order valence-corrected chi connectivity index (χ1v) is 7.20. The molecule has 1 atom stereocenters. The summed E-state index contributed by atoms with van der Waals surface area (Å²) < 4.78 is 1.78. The highest BCUT2D eigenvalue weighted by Gasteiger charge is 2.18. The summed E-state index contributed by atoms with van der Waals surface area (Å²) in [4.78, 5) is 0. The predicted octanol–water partition coefficient (Wildman–Crippen LogP) is 4.33. The van der Waals surface area contributed by atoms with Crippen molar-refractivity contribution in [3.05, 3.63) is 46.1 Å². The third kappa shape index (κ3) is 2.68. The zero-order valence-corrected chi connectivity index (χ0v) is 13.5. The van der Waals surface area contributed by atoms with Crippen LogP contribution in [0.2, 0.25) is 5.02 Å². The van der Waals surface area contributed by atoms with Gasteiger partial charge in [-0.2, -0.15) is 5.10 Å². The van der Waals surface area contributed by atoms with Gasteiger partial charge in [0.2, 0.25) is 0 Å². The van der Waals surface area contributed by atoms with E-state index in [1.807, 2.05) is 6.92 Å². The second-order valence-electron chi connectivity index (χ2n) is 6.28. The Morgan fingerprint density at radius 3 is 2.15 bits per heavy atom. The molecule has 0 amide bonds. The van der Waals surface area contributed by atoms with E-state index in [4.69, 9.17) is 17.3 Å². The highest BCUT2D eigenvalue weighted by atomic mass is 35.5. The summed E-state index contributed by atoms with van der Waals surface area (Å²) >= 11 is 6.11. The number of benzene rings is 1. The van der Waals surface area contributed by atoms with Gasteiger partial charge in [-0.25, -0.2) is 4.68 Å². The maximum Gasteiger partial charge on any atom is 0.141 e. The van der Waals surface area contributed by atoms with Crippen LogP contribution in [0.25, 0.3) is 0 Å². The number of aryl methyl sites for hydroxylation is 1. The van der Waals surface area contributed by atoms with Crippen molar-refractivity contribution in [3.8, 4) is 0 Å². The molecule has 0 aliphatic carbocycles. The largest absolute Gasteiger partial charge is 0.383 e. The van der Waals surface area contributed by atoms with Crippen molar-refractivity contribution in [3.63, 3.8) is 0 Å². The lowest BCUT2D eigenvalue weighted by Crippen LogP contribution is -2.13. The molecule has 108 valence electrons. The summed E-state index contributed by atoms with van der Waals surface area (Å²) in [5, 5.41) is 4.96. The van der Waals surface area contributed by atoms with E-state index >= 15 is 0 Å². The van der Waals surface area contributed by atoms with Crippen molar-refractivity contribution in [1.29, 1.82) is 0 Å². The minimum absolute atomic E-state index is 0.0650. The summed E-state index contributed by atoms with van der Waals surface area (Å²) in [5.41, 5.74) is 9.42. The van der Waals surface area contributed by atoms with Gasteiger partial charge < -0.3 is 5.73 Å². The monoisotopic (exact) mass is 291 g/mol. The van der Waals surface area contributed by atoms with Gasteiger partial charge in [-0.15, -0.1) is 0 Å². The van der Waals surface area contributed by atoms with Gasteiger partial charge in [0, 0.05) is 0 Å². The van der Waals surface area contributed by atoms with Gasteiger partial charge in [-0.05, 0) is 30.4 Å². The molecule has 1 heterocycles. The number of nitrogen functional groups attached to an aromatic ring is 1. The van der Waals surface area contributed by atoms with Crippen LogP contribution in [0.5, 0.6) is 0 Å². The number of nitrogens with two attached hydrogens (primary N) is 1. The zero-order valence-electron chi connectivity index (χ0n) is 12.7. The van der Waals surface area contributed by atoms with Crippen LogP contribution in [0, 0.1) is 6.92 Å². The molecule has 0 saturated carbocycles. The molecule has 0 radical (unpaired) electrons. The molecular formula is C16H22ClN3. The first kappa shape index (κ1) is 14.9. The molecule has 0 bridgehead atoms. The van der Waals surface area contributed by atoms with Crippen LogP contribution in [0.1, 0.15) is 50.6 Å². The average Bonchev–Trinajstić information content (AvgIpc) is 2.65. The lowest BCUT2D eigenvalue weighted by molar-refractivity contribution is 0.565. The molecule has 1 aromatic heterocycles. The normalized spacial score (nSPS) is 13.5. The molecule has 0 spiro atoms. The van der Waals surface area contributed by atoms with E-state index in [2.05, 4.69) is 57.1 Å². The van der Waals surface area contributed by atoms with Crippen molar-refractivity contribution in [1.82, 2.24) is 9.78 Å². The van der Waals surface area contributed by atoms with Crippen molar-refractivity contribution in [2.24, 2.45) is 0 Å². The molecule has 0 aliphatic heterocycles. The molecule has 2 rings (SSSR count). The summed E-state index contributed by atoms with van der Waals surface area (Å²) in [6.07, 6.45) is 0. The number of halogens is 1. The fourth-order valence-corrected chi connectivity index (χ4v) is 2.37. The van der Waals surface area contributed by atoms with Gasteiger partial charge in [0.05, 0.1) is 11.7 Å². The Hall–Kier alpha value is -1.48. The second kappa shape index (κ2) is 5.13. The number of aromatic nitrogens is 2. The Kier molecular flexibility index (Phi) is 3.83. The smallest absolute Gasteiger partial charge is 0.141 e. The predicted molar refractivity (Wildman–Crippen MR) is 85.3 cm³/mol. The number of anilines is 1. The van der Waals surface area contributed by atoms with E-state index < -0.39 is 0 Å². The summed E-state index contributed by atoms with van der Waals surface area (Å²) in [7, 11) is 0. The molecule has 0 aliphatic rings. The van der Waals surface area contributed by atoms with E-state index in [0.717, 1.165) is 5.69 Å². The minimum Gasteiger partial charge on any atom is -0.383 e. The van der Waals surface area contributed by atoms with Crippen molar-refractivity contribution in [2.75, 3.05) is 5.73 Å². The SMILES string of the molecule is Cc1nn(C(C)c2ccc(C(C)(C)C)cc2)c(N)c1Cl. The fraction of sp³-hybridized carbons (Fsp3) is 0.438. The van der Waals surface area contributed by atoms with E-state index in [9.17, 15) is 0 Å². The first-order valence-electron chi connectivity index (χ1n) is 6.82. The van der Waals surface area contributed by atoms with E-state index in [1.54, 1.807) is 4.68 Å². The van der Waals surface area contributed by atoms with Crippen molar-refractivity contribution < 1.29 is 0 Å². The van der Waals surface area contributed by atoms with Crippen LogP contribution in [0.15, 0.2) is 24.3 Å². The van der Waals surface area contributed by atoms with E-state index in [1.165, 1.54) is 11.1 Å². The van der Waals surface area contributed by atoms with Crippen molar-refractivity contribution in [2.45, 2.75) is 46.1 Å². The second-order valence-corrected chi connectivity index (χ2v) is 6.66. The van der Waals surface area contributed by atoms with Crippen molar-refractivity contribution >= 4 is 17.4 Å². The standard InChI is InChI=1S/C16H22ClN3/c1-10-14(17)15(18)20(19-10)11(2)12-6-8-13(9-7-12)16(3,4)5/h6-9,11H,18H2,1-5H3. The topological polar surface area (TPSA) is 43.8 Å². The quantitative estimate of drug-likeness (QED) is 0.895. The molecule has 1 aromatic carbocycles. The Balaban J connectivity index is 2.34. The fourth-order valence-electron chi connectivity index (χ4n) is 2.24.